The number of aliphatic hydroxyl groups excluding tert-OH is 4. The molecule has 0 amide bonds. The topological polar surface area (TPSA) is 211 Å². The molecule has 3 heterocycles. The number of carbonyl (C=O) groups is 2. The number of methoxy groups -OCH3 is 1. The van der Waals surface area contributed by atoms with Crippen molar-refractivity contribution in [2.45, 2.75) is 151 Å². The third-order valence-corrected chi connectivity index (χ3v) is 14.2. The molecule has 0 spiro atoms. The minimum absolute atomic E-state index is 0.0352. The maximum absolute atomic E-state index is 13.2. The van der Waals surface area contributed by atoms with E-state index in [1.165, 1.54) is 7.11 Å². The molecule has 14 heteroatoms. The van der Waals surface area contributed by atoms with Gasteiger partial charge in [0.25, 0.3) is 0 Å². The van der Waals surface area contributed by atoms with Crippen LogP contribution < -0.4 is 0 Å². The lowest BCUT2D eigenvalue weighted by Crippen LogP contribution is -2.69. The lowest BCUT2D eigenvalue weighted by atomic mass is 9.41. The standard InChI is InChI=1S/C36H54O14/c1-18-31(50-32-30(42)29(41)28(40)25(15-37)49-32)24(45-3)13-27(47-18)48-20-4-9-34(17-38)22-5-8-33(2)21(19-12-26(39)46-16-19)7-11-36(33,44)23(22)6-10-35(34,43)14-20/h12,17-18,20-25,27-32,37,40-44H,4-11,13-16H2,1-3H3/t18-,20-,21+,22-,23+,24-,25+,27+,28+,29-,30+,31-,32-,33-,34+,35-,36-/m1/s1. The normalized spacial score (nSPS) is 53.5. The number of aliphatic hydroxyl groups is 6. The molecule has 17 atom stereocenters. The van der Waals surface area contributed by atoms with Crippen molar-refractivity contribution in [2.24, 2.45) is 28.6 Å². The van der Waals surface area contributed by atoms with Crippen molar-refractivity contribution in [2.75, 3.05) is 20.3 Å². The zero-order valence-corrected chi connectivity index (χ0v) is 29.1. The van der Waals surface area contributed by atoms with Gasteiger partial charge in [0.05, 0.1) is 41.5 Å². The molecule has 4 saturated carbocycles. The fraction of sp³-hybridized carbons (Fsp3) is 0.889. The smallest absolute Gasteiger partial charge is 0.331 e. The highest BCUT2D eigenvalue weighted by Gasteiger charge is 2.71. The van der Waals surface area contributed by atoms with Crippen LogP contribution in [-0.4, -0.2) is 136 Å². The third kappa shape index (κ3) is 5.55. The molecule has 0 radical (unpaired) electrons. The molecule has 0 unspecified atom stereocenters. The summed E-state index contributed by atoms with van der Waals surface area (Å²) in [4.78, 5) is 25.1. The Bertz CT molecular complexity index is 1330. The van der Waals surface area contributed by atoms with Crippen LogP contribution in [0.5, 0.6) is 0 Å². The number of carbonyl (C=O) groups excluding carboxylic acids is 2. The average Bonchev–Trinajstić information content (AvgIpc) is 3.64. The zero-order valence-electron chi connectivity index (χ0n) is 29.1. The number of esters is 1. The third-order valence-electron chi connectivity index (χ3n) is 14.2. The van der Waals surface area contributed by atoms with E-state index in [0.29, 0.717) is 44.9 Å². The number of cyclic esters (lactones) is 1. The predicted molar refractivity (Wildman–Crippen MR) is 171 cm³/mol. The summed E-state index contributed by atoms with van der Waals surface area (Å²) in [6.45, 7) is 3.57. The summed E-state index contributed by atoms with van der Waals surface area (Å²) in [7, 11) is 1.51. The number of fused-ring (bicyclic) bond motifs is 5. The highest BCUT2D eigenvalue weighted by molar-refractivity contribution is 5.85. The number of hydrogen-bond donors (Lipinski definition) is 6. The van der Waals surface area contributed by atoms with Crippen LogP contribution in [0.2, 0.25) is 0 Å². The fourth-order valence-corrected chi connectivity index (χ4v) is 11.5. The van der Waals surface area contributed by atoms with Crippen LogP contribution in [-0.2, 0) is 38.0 Å². The van der Waals surface area contributed by atoms with Crippen LogP contribution in [0.25, 0.3) is 0 Å². The molecule has 4 aliphatic carbocycles. The van der Waals surface area contributed by atoms with Gasteiger partial charge in [0.1, 0.15) is 43.4 Å². The monoisotopic (exact) mass is 710 g/mol. The Morgan fingerprint density at radius 1 is 0.960 bits per heavy atom. The summed E-state index contributed by atoms with van der Waals surface area (Å²) in [5, 5.41) is 65.3. The number of aldehydes is 1. The maximum Gasteiger partial charge on any atom is 0.331 e. The SMILES string of the molecule is CO[C@@H]1C[C@H](O[C@@H]2CC[C@]3(C=O)[C@@H]4CC[C@]5(C)[C@H](C6=CC(=O)OC6)CC[C@@]5(O)[C@H]4CC[C@@]3(O)C2)O[C@H](C)[C@H]1O[C@H]1O[C@@H](CO)[C@H](O)[C@@H](O)[C@@H]1O. The molecule has 50 heavy (non-hydrogen) atoms. The van der Waals surface area contributed by atoms with Crippen molar-refractivity contribution in [1.82, 2.24) is 0 Å². The Kier molecular flexibility index (Phi) is 9.84. The van der Waals surface area contributed by atoms with Crippen molar-refractivity contribution in [3.05, 3.63) is 11.6 Å². The summed E-state index contributed by atoms with van der Waals surface area (Å²) in [5.74, 6) is -0.635. The zero-order chi connectivity index (χ0) is 35.8. The lowest BCUT2D eigenvalue weighted by Gasteiger charge is -2.65. The van der Waals surface area contributed by atoms with Crippen LogP contribution in [0.1, 0.15) is 78.1 Å². The summed E-state index contributed by atoms with van der Waals surface area (Å²) in [5.41, 5.74) is -2.86. The van der Waals surface area contributed by atoms with E-state index < -0.39 is 90.1 Å². The van der Waals surface area contributed by atoms with Gasteiger partial charge in [0.2, 0.25) is 0 Å². The second kappa shape index (κ2) is 13.4. The minimum atomic E-state index is -1.58. The minimum Gasteiger partial charge on any atom is -0.458 e. The number of rotatable bonds is 8. The molecule has 0 aromatic carbocycles. The Labute approximate surface area is 292 Å². The first-order valence-corrected chi connectivity index (χ1v) is 18.3. The van der Waals surface area contributed by atoms with Crippen LogP contribution in [0, 0.1) is 28.6 Å². The molecular weight excluding hydrogens is 656 g/mol. The Balaban J connectivity index is 1.01. The van der Waals surface area contributed by atoms with Crippen LogP contribution >= 0.6 is 0 Å². The molecule has 0 bridgehead atoms. The quantitative estimate of drug-likeness (QED) is 0.113. The fourth-order valence-electron chi connectivity index (χ4n) is 11.5. The van der Waals surface area contributed by atoms with E-state index in [-0.39, 0.29) is 43.2 Å². The highest BCUT2D eigenvalue weighted by atomic mass is 16.7. The number of hydrogen-bond acceptors (Lipinski definition) is 14. The van der Waals surface area contributed by atoms with Gasteiger partial charge in [-0.2, -0.15) is 0 Å². The molecule has 14 nitrogen and oxygen atoms in total. The van der Waals surface area contributed by atoms with E-state index in [1.54, 1.807) is 13.0 Å². The molecule has 0 aromatic heterocycles. The molecule has 6 N–H and O–H groups in total. The van der Waals surface area contributed by atoms with Crippen LogP contribution in [0.3, 0.4) is 0 Å². The Morgan fingerprint density at radius 2 is 1.72 bits per heavy atom. The Hall–Kier alpha value is -1.56. The Morgan fingerprint density at radius 3 is 2.40 bits per heavy atom. The van der Waals surface area contributed by atoms with Gasteiger partial charge in [-0.25, -0.2) is 4.79 Å². The molecule has 7 rings (SSSR count). The van der Waals surface area contributed by atoms with Gasteiger partial charge in [-0.05, 0) is 81.6 Å². The lowest BCUT2D eigenvalue weighted by molar-refractivity contribution is -0.346. The van der Waals surface area contributed by atoms with Gasteiger partial charge in [0, 0.05) is 31.4 Å². The average molecular weight is 711 g/mol. The molecular formula is C36H54O14. The summed E-state index contributed by atoms with van der Waals surface area (Å²) in [6.07, 6.45) is -2.52. The first-order valence-electron chi connectivity index (χ1n) is 18.3. The van der Waals surface area contributed by atoms with Crippen molar-refractivity contribution in [1.29, 1.82) is 0 Å². The molecule has 6 fully saturated rings. The summed E-state index contributed by atoms with van der Waals surface area (Å²) < 4.78 is 35.2. The molecule has 7 aliphatic rings. The molecule has 2 saturated heterocycles. The second-order valence-electron chi connectivity index (χ2n) is 16.3. The highest BCUT2D eigenvalue weighted by Crippen LogP contribution is 2.70. The van der Waals surface area contributed by atoms with Gasteiger partial charge in [-0.3, -0.25) is 0 Å². The molecule has 282 valence electrons. The van der Waals surface area contributed by atoms with Gasteiger partial charge >= 0.3 is 5.97 Å². The first-order chi connectivity index (χ1) is 23.7. The second-order valence-corrected chi connectivity index (χ2v) is 16.3. The van der Waals surface area contributed by atoms with Gasteiger partial charge in [-0.15, -0.1) is 0 Å². The van der Waals surface area contributed by atoms with Gasteiger partial charge < -0.3 is 63.9 Å². The van der Waals surface area contributed by atoms with Crippen molar-refractivity contribution in [3.8, 4) is 0 Å². The van der Waals surface area contributed by atoms with Gasteiger partial charge in [-0.1, -0.05) is 6.92 Å². The molecule has 0 aromatic rings. The van der Waals surface area contributed by atoms with E-state index >= 15 is 0 Å². The maximum atomic E-state index is 13.2. The molecule has 3 aliphatic heterocycles. The number of ether oxygens (including phenoxy) is 6. The van der Waals surface area contributed by atoms with E-state index in [0.717, 1.165) is 18.3 Å². The van der Waals surface area contributed by atoms with E-state index in [2.05, 4.69) is 6.92 Å². The van der Waals surface area contributed by atoms with Gasteiger partial charge in [0.15, 0.2) is 12.6 Å². The first kappa shape index (κ1) is 36.8. The summed E-state index contributed by atoms with van der Waals surface area (Å²) >= 11 is 0. The van der Waals surface area contributed by atoms with Crippen LogP contribution in [0.15, 0.2) is 11.6 Å². The van der Waals surface area contributed by atoms with Crippen molar-refractivity contribution in [3.63, 3.8) is 0 Å². The summed E-state index contributed by atoms with van der Waals surface area (Å²) in [6, 6.07) is 0. The van der Waals surface area contributed by atoms with Crippen molar-refractivity contribution >= 4 is 12.3 Å². The van der Waals surface area contributed by atoms with E-state index in [4.69, 9.17) is 28.4 Å². The largest absolute Gasteiger partial charge is 0.458 e. The van der Waals surface area contributed by atoms with Crippen molar-refractivity contribution < 1.29 is 68.6 Å². The van der Waals surface area contributed by atoms with E-state index in [1.807, 2.05) is 0 Å². The van der Waals surface area contributed by atoms with E-state index in [9.17, 15) is 40.2 Å². The van der Waals surface area contributed by atoms with Crippen LogP contribution in [0.4, 0.5) is 0 Å². The predicted octanol–water partition coefficient (Wildman–Crippen LogP) is 0.258.